The average Bonchev–Trinajstić information content (AvgIpc) is 2.36. The highest BCUT2D eigenvalue weighted by molar-refractivity contribution is 8.13. The fourth-order valence-corrected chi connectivity index (χ4v) is 2.52. The molecule has 0 aromatic heterocycles. The van der Waals surface area contributed by atoms with Crippen molar-refractivity contribution in [2.24, 2.45) is 0 Å². The number of aryl methyl sites for hydroxylation is 1. The Morgan fingerprint density at radius 2 is 2.00 bits per heavy atom. The Balaban J connectivity index is 2.99. The minimum absolute atomic E-state index is 0.0720. The molecule has 0 aliphatic heterocycles. The number of benzene rings is 1. The molecule has 0 saturated heterocycles. The summed E-state index contributed by atoms with van der Waals surface area (Å²) in [7, 11) is 1.47. The van der Waals surface area contributed by atoms with Crippen LogP contribution in [0.4, 0.5) is 0 Å². The van der Waals surface area contributed by atoms with Crippen LogP contribution in [0.25, 0.3) is 0 Å². The van der Waals surface area contributed by atoms with Crippen LogP contribution < -0.4 is 5.32 Å². The van der Waals surface area contributed by atoms with E-state index in [-0.39, 0.29) is 10.8 Å². The summed E-state index contributed by atoms with van der Waals surface area (Å²) in [4.78, 5) is 12.0. The van der Waals surface area contributed by atoms with Gasteiger partial charge < -0.3 is 10.1 Å². The highest BCUT2D eigenvalue weighted by Crippen LogP contribution is 2.22. The molecule has 0 spiro atoms. The Bertz CT molecular complexity index is 599. The Morgan fingerprint density at radius 3 is 2.55 bits per heavy atom. The van der Waals surface area contributed by atoms with Gasteiger partial charge in [0.05, 0.1) is 11.5 Å². The summed E-state index contributed by atoms with van der Waals surface area (Å²) < 4.78 is 27.9. The van der Waals surface area contributed by atoms with Crippen molar-refractivity contribution in [1.29, 1.82) is 0 Å². The topological polar surface area (TPSA) is 72.5 Å². The molecular formula is C13H18ClNO4S. The maximum Gasteiger partial charge on any atom is 0.261 e. The smallest absolute Gasteiger partial charge is 0.261 e. The van der Waals surface area contributed by atoms with Gasteiger partial charge in [-0.15, -0.1) is 0 Å². The normalized spacial score (nSPS) is 11.4. The molecule has 20 heavy (non-hydrogen) atoms. The molecule has 1 aromatic rings. The van der Waals surface area contributed by atoms with E-state index < -0.39 is 9.05 Å². The zero-order valence-electron chi connectivity index (χ0n) is 11.7. The molecule has 1 N–H and O–H groups in total. The molecule has 0 bridgehead atoms. The van der Waals surface area contributed by atoms with E-state index in [9.17, 15) is 13.2 Å². The molecule has 1 amide bonds. The van der Waals surface area contributed by atoms with Crippen LogP contribution in [-0.4, -0.2) is 34.1 Å². The molecular weight excluding hydrogens is 302 g/mol. The van der Waals surface area contributed by atoms with Gasteiger partial charge in [-0.2, -0.15) is 0 Å². The van der Waals surface area contributed by atoms with Crippen molar-refractivity contribution >= 4 is 25.6 Å². The summed E-state index contributed by atoms with van der Waals surface area (Å²) in [6.45, 7) is 6.71. The van der Waals surface area contributed by atoms with E-state index in [1.807, 2.05) is 6.92 Å². The number of amides is 1. The molecule has 0 radical (unpaired) electrons. The largest absolute Gasteiger partial charge is 0.380 e. The van der Waals surface area contributed by atoms with Crippen molar-refractivity contribution in [3.05, 3.63) is 28.8 Å². The number of nitrogens with one attached hydrogen (secondary N) is 1. The molecule has 7 heteroatoms. The fourth-order valence-electron chi connectivity index (χ4n) is 1.68. The number of carbonyl (C=O) groups is 1. The Morgan fingerprint density at radius 1 is 1.35 bits per heavy atom. The van der Waals surface area contributed by atoms with Gasteiger partial charge in [0, 0.05) is 29.4 Å². The summed E-state index contributed by atoms with van der Waals surface area (Å²) in [6, 6.07) is 2.75. The number of rotatable bonds is 6. The minimum atomic E-state index is -3.86. The van der Waals surface area contributed by atoms with Gasteiger partial charge in [0.1, 0.15) is 0 Å². The standard InChI is InChI=1S/C13H18ClNO4S/c1-4-19-6-5-15-13(16)12-8-11(20(14,17)18)7-9(2)10(12)3/h7-8H,4-6H2,1-3H3,(H,15,16). The van der Waals surface area contributed by atoms with E-state index in [2.05, 4.69) is 5.32 Å². The zero-order chi connectivity index (χ0) is 15.3. The van der Waals surface area contributed by atoms with Crippen LogP contribution in [0.15, 0.2) is 17.0 Å². The second-order valence-electron chi connectivity index (χ2n) is 4.30. The molecule has 112 valence electrons. The molecule has 0 aliphatic carbocycles. The fraction of sp³-hybridized carbons (Fsp3) is 0.462. The third-order valence-electron chi connectivity index (χ3n) is 2.90. The van der Waals surface area contributed by atoms with Crippen molar-refractivity contribution in [1.82, 2.24) is 5.32 Å². The van der Waals surface area contributed by atoms with E-state index in [0.29, 0.717) is 30.9 Å². The lowest BCUT2D eigenvalue weighted by Crippen LogP contribution is -2.28. The third kappa shape index (κ3) is 4.47. The van der Waals surface area contributed by atoms with Gasteiger partial charge >= 0.3 is 0 Å². The number of hydrogen-bond acceptors (Lipinski definition) is 4. The lowest BCUT2D eigenvalue weighted by atomic mass is 10.0. The van der Waals surface area contributed by atoms with Gasteiger partial charge in [-0.1, -0.05) is 0 Å². The van der Waals surface area contributed by atoms with Crippen LogP contribution in [0.5, 0.6) is 0 Å². The van der Waals surface area contributed by atoms with Crippen LogP contribution in [0, 0.1) is 13.8 Å². The van der Waals surface area contributed by atoms with Gasteiger partial charge in [-0.05, 0) is 44.0 Å². The van der Waals surface area contributed by atoms with Crippen molar-refractivity contribution in [2.75, 3.05) is 19.8 Å². The second kappa shape index (κ2) is 7.06. The SMILES string of the molecule is CCOCCNC(=O)c1cc(S(=O)(=O)Cl)cc(C)c1C. The van der Waals surface area contributed by atoms with E-state index in [4.69, 9.17) is 15.4 Å². The summed E-state index contributed by atoms with van der Waals surface area (Å²) >= 11 is 0. The highest BCUT2D eigenvalue weighted by atomic mass is 35.7. The van der Waals surface area contributed by atoms with Gasteiger partial charge in [0.25, 0.3) is 15.0 Å². The number of ether oxygens (including phenoxy) is 1. The van der Waals surface area contributed by atoms with Crippen molar-refractivity contribution in [3.63, 3.8) is 0 Å². The predicted octanol–water partition coefficient (Wildman–Crippen LogP) is 2.00. The first kappa shape index (κ1) is 16.9. The monoisotopic (exact) mass is 319 g/mol. The quantitative estimate of drug-likeness (QED) is 0.643. The molecule has 0 heterocycles. The number of carbonyl (C=O) groups excluding carboxylic acids is 1. The second-order valence-corrected chi connectivity index (χ2v) is 6.87. The molecule has 5 nitrogen and oxygen atoms in total. The molecule has 0 atom stereocenters. The molecule has 0 aliphatic rings. The summed E-state index contributed by atoms with van der Waals surface area (Å²) in [5.74, 6) is -0.340. The molecule has 1 aromatic carbocycles. The van der Waals surface area contributed by atoms with E-state index in [1.165, 1.54) is 12.1 Å². The minimum Gasteiger partial charge on any atom is -0.380 e. The van der Waals surface area contributed by atoms with Gasteiger partial charge in [-0.3, -0.25) is 4.79 Å². The first-order chi connectivity index (χ1) is 9.27. The molecule has 1 rings (SSSR count). The summed E-state index contributed by atoms with van der Waals surface area (Å²) in [5.41, 5.74) is 1.73. The van der Waals surface area contributed by atoms with Crippen LogP contribution in [-0.2, 0) is 13.8 Å². The maximum absolute atomic E-state index is 12.1. The van der Waals surface area contributed by atoms with Gasteiger partial charge in [0.15, 0.2) is 0 Å². The van der Waals surface area contributed by atoms with E-state index >= 15 is 0 Å². The summed E-state index contributed by atoms with van der Waals surface area (Å²) in [5, 5.41) is 2.68. The Kier molecular flexibility index (Phi) is 5.98. The molecule has 0 fully saturated rings. The van der Waals surface area contributed by atoms with Crippen LogP contribution in [0.3, 0.4) is 0 Å². The molecule has 0 unspecified atom stereocenters. The van der Waals surface area contributed by atoms with E-state index in [1.54, 1.807) is 13.8 Å². The van der Waals surface area contributed by atoms with Crippen molar-refractivity contribution in [3.8, 4) is 0 Å². The van der Waals surface area contributed by atoms with Crippen LogP contribution in [0.1, 0.15) is 28.4 Å². The predicted molar refractivity (Wildman–Crippen MR) is 77.8 cm³/mol. The van der Waals surface area contributed by atoms with Crippen molar-refractivity contribution in [2.45, 2.75) is 25.7 Å². The third-order valence-corrected chi connectivity index (χ3v) is 4.24. The van der Waals surface area contributed by atoms with Gasteiger partial charge in [0.2, 0.25) is 0 Å². The maximum atomic E-state index is 12.1. The van der Waals surface area contributed by atoms with Crippen LogP contribution in [0.2, 0.25) is 0 Å². The first-order valence-electron chi connectivity index (χ1n) is 6.19. The Hall–Kier alpha value is -1.11. The first-order valence-corrected chi connectivity index (χ1v) is 8.50. The van der Waals surface area contributed by atoms with E-state index in [0.717, 1.165) is 5.56 Å². The summed E-state index contributed by atoms with van der Waals surface area (Å²) in [6.07, 6.45) is 0. The Labute approximate surface area is 123 Å². The number of halogens is 1. The lowest BCUT2D eigenvalue weighted by Gasteiger charge is -2.11. The van der Waals surface area contributed by atoms with Gasteiger partial charge in [-0.25, -0.2) is 8.42 Å². The average molecular weight is 320 g/mol. The van der Waals surface area contributed by atoms with Crippen molar-refractivity contribution < 1.29 is 17.9 Å². The highest BCUT2D eigenvalue weighted by Gasteiger charge is 2.17. The van der Waals surface area contributed by atoms with Crippen LogP contribution >= 0.6 is 10.7 Å². The molecule has 0 saturated carbocycles. The number of hydrogen-bond donors (Lipinski definition) is 1. The lowest BCUT2D eigenvalue weighted by molar-refractivity contribution is 0.0921. The zero-order valence-corrected chi connectivity index (χ0v) is 13.3.